The summed E-state index contributed by atoms with van der Waals surface area (Å²) >= 11 is 0. The van der Waals surface area contributed by atoms with Gasteiger partial charge in [-0.1, -0.05) is 20.8 Å². The van der Waals surface area contributed by atoms with Crippen LogP contribution in [0.5, 0.6) is 0 Å². The molecular weight excluding hydrogens is 340 g/mol. The summed E-state index contributed by atoms with van der Waals surface area (Å²) in [6, 6.07) is 0. The van der Waals surface area contributed by atoms with Crippen molar-refractivity contribution in [3.8, 4) is 0 Å². The summed E-state index contributed by atoms with van der Waals surface area (Å²) in [5, 5.41) is 32.8. The Morgan fingerprint density at radius 3 is 2.48 bits per heavy atom. The highest BCUT2D eigenvalue weighted by molar-refractivity contribution is 5.49. The monoisotopic (exact) mass is 378 g/mol. The lowest BCUT2D eigenvalue weighted by Gasteiger charge is -2.63. The van der Waals surface area contributed by atoms with Gasteiger partial charge in [0.2, 0.25) is 0 Å². The van der Waals surface area contributed by atoms with Crippen LogP contribution in [0.1, 0.15) is 72.1 Å². The van der Waals surface area contributed by atoms with E-state index in [0.717, 1.165) is 51.2 Å². The lowest BCUT2D eigenvalue weighted by Crippen LogP contribution is -2.62. The SMILES string of the molecule is C[C@H](CC=O)[C@H]1CC[C@H]2[C@@H]3[C@H](O)C[C@@H]4C[C@H](O)CC[C@]4(C)[C@H]3C[C@H](O)[C@]12C. The van der Waals surface area contributed by atoms with Gasteiger partial charge in [-0.3, -0.25) is 0 Å². The van der Waals surface area contributed by atoms with Crippen molar-refractivity contribution in [2.45, 2.75) is 90.4 Å². The van der Waals surface area contributed by atoms with Crippen molar-refractivity contribution in [2.24, 2.45) is 46.3 Å². The molecule has 4 aliphatic rings. The van der Waals surface area contributed by atoms with Gasteiger partial charge in [-0.25, -0.2) is 0 Å². The Labute approximate surface area is 163 Å². The third kappa shape index (κ3) is 2.77. The second-order valence-electron chi connectivity index (χ2n) is 10.9. The molecule has 27 heavy (non-hydrogen) atoms. The Kier molecular flexibility index (Phi) is 5.01. The Morgan fingerprint density at radius 1 is 1.04 bits per heavy atom. The minimum Gasteiger partial charge on any atom is -0.393 e. The van der Waals surface area contributed by atoms with E-state index in [1.807, 2.05) is 0 Å². The molecule has 0 saturated heterocycles. The van der Waals surface area contributed by atoms with Gasteiger partial charge in [0.05, 0.1) is 18.3 Å². The van der Waals surface area contributed by atoms with Gasteiger partial charge in [-0.15, -0.1) is 0 Å². The molecule has 0 aromatic carbocycles. The van der Waals surface area contributed by atoms with Crippen molar-refractivity contribution >= 4 is 6.29 Å². The van der Waals surface area contributed by atoms with E-state index in [9.17, 15) is 20.1 Å². The molecule has 4 saturated carbocycles. The molecule has 4 aliphatic carbocycles. The molecule has 154 valence electrons. The molecular formula is C23H38O4. The lowest BCUT2D eigenvalue weighted by molar-refractivity contribution is -0.206. The first-order valence-corrected chi connectivity index (χ1v) is 11.2. The predicted molar refractivity (Wildman–Crippen MR) is 104 cm³/mol. The summed E-state index contributed by atoms with van der Waals surface area (Å²) in [5.74, 6) is 1.94. The molecule has 0 spiro atoms. The molecule has 4 rings (SSSR count). The van der Waals surface area contributed by atoms with Crippen LogP contribution >= 0.6 is 0 Å². The lowest BCUT2D eigenvalue weighted by atomic mass is 9.43. The Hall–Kier alpha value is -0.450. The number of hydrogen-bond donors (Lipinski definition) is 3. The zero-order valence-corrected chi connectivity index (χ0v) is 17.2. The van der Waals surface area contributed by atoms with Gasteiger partial charge in [0.25, 0.3) is 0 Å². The van der Waals surface area contributed by atoms with Crippen molar-refractivity contribution < 1.29 is 20.1 Å². The number of hydrogen-bond acceptors (Lipinski definition) is 4. The molecule has 0 aromatic rings. The first kappa shape index (κ1) is 19.8. The van der Waals surface area contributed by atoms with Gasteiger partial charge in [-0.05, 0) is 91.3 Å². The fourth-order valence-electron chi connectivity index (χ4n) is 8.45. The molecule has 0 amide bonds. The molecule has 0 radical (unpaired) electrons. The molecule has 0 unspecified atom stereocenters. The average molecular weight is 379 g/mol. The van der Waals surface area contributed by atoms with Gasteiger partial charge >= 0.3 is 0 Å². The third-order valence-electron chi connectivity index (χ3n) is 9.99. The van der Waals surface area contributed by atoms with E-state index < -0.39 is 0 Å². The molecule has 0 bridgehead atoms. The van der Waals surface area contributed by atoms with E-state index in [1.165, 1.54) is 0 Å². The normalized spacial score (nSPS) is 55.9. The second kappa shape index (κ2) is 6.81. The molecule has 0 aromatic heterocycles. The minimum absolute atomic E-state index is 0.123. The van der Waals surface area contributed by atoms with Gasteiger partial charge in [0.15, 0.2) is 0 Å². The first-order valence-electron chi connectivity index (χ1n) is 11.2. The Morgan fingerprint density at radius 2 is 1.78 bits per heavy atom. The van der Waals surface area contributed by atoms with E-state index >= 15 is 0 Å². The summed E-state index contributed by atoms with van der Waals surface area (Å²) in [6.07, 6.45) is 7.01. The standard InChI is InChI=1S/C23H38O4/c1-13(7-9-24)16-4-5-17-21-18(12-20(27)23(16,17)3)22(2)8-6-15(25)10-14(22)11-19(21)26/h9,13-21,25-27H,4-8,10-12H2,1-3H3/t13-,14+,15-,16-,17+,18+,19-,20+,21+,22+,23-/m1/s1. The molecule has 11 atom stereocenters. The third-order valence-corrected chi connectivity index (χ3v) is 9.99. The number of aliphatic hydroxyl groups excluding tert-OH is 3. The van der Waals surface area contributed by atoms with Crippen LogP contribution in [0.2, 0.25) is 0 Å². The van der Waals surface area contributed by atoms with E-state index in [-0.39, 0.29) is 41.0 Å². The summed E-state index contributed by atoms with van der Waals surface area (Å²) in [4.78, 5) is 11.1. The number of aliphatic hydroxyl groups is 3. The van der Waals surface area contributed by atoms with Crippen molar-refractivity contribution in [2.75, 3.05) is 0 Å². The number of aldehydes is 1. The smallest absolute Gasteiger partial charge is 0.120 e. The second-order valence-corrected chi connectivity index (χ2v) is 10.9. The zero-order valence-electron chi connectivity index (χ0n) is 17.2. The van der Waals surface area contributed by atoms with Crippen molar-refractivity contribution in [3.05, 3.63) is 0 Å². The van der Waals surface area contributed by atoms with Crippen molar-refractivity contribution in [1.82, 2.24) is 0 Å². The molecule has 0 heterocycles. The Bertz CT molecular complexity index is 579. The van der Waals surface area contributed by atoms with Crippen LogP contribution in [0.25, 0.3) is 0 Å². The van der Waals surface area contributed by atoms with Gasteiger partial charge in [0.1, 0.15) is 6.29 Å². The fourth-order valence-corrected chi connectivity index (χ4v) is 8.45. The fraction of sp³-hybridized carbons (Fsp3) is 0.957. The summed E-state index contributed by atoms with van der Waals surface area (Å²) in [5.41, 5.74) is -0.0696. The maximum absolute atomic E-state index is 11.4. The number of fused-ring (bicyclic) bond motifs is 5. The van der Waals surface area contributed by atoms with Crippen LogP contribution in [0.15, 0.2) is 0 Å². The maximum Gasteiger partial charge on any atom is 0.120 e. The van der Waals surface area contributed by atoms with Gasteiger partial charge in [-0.2, -0.15) is 0 Å². The zero-order chi connectivity index (χ0) is 19.6. The number of carbonyl (C=O) groups excluding carboxylic acids is 1. The first-order chi connectivity index (χ1) is 12.7. The summed E-state index contributed by atoms with van der Waals surface area (Å²) in [6.45, 7) is 6.76. The summed E-state index contributed by atoms with van der Waals surface area (Å²) < 4.78 is 0. The van der Waals surface area contributed by atoms with Crippen molar-refractivity contribution in [3.63, 3.8) is 0 Å². The molecule has 4 heteroatoms. The maximum atomic E-state index is 11.4. The van der Waals surface area contributed by atoms with E-state index in [0.29, 0.717) is 30.1 Å². The van der Waals surface area contributed by atoms with Crippen LogP contribution in [-0.4, -0.2) is 39.9 Å². The quantitative estimate of drug-likeness (QED) is 0.659. The number of rotatable bonds is 3. The van der Waals surface area contributed by atoms with Crippen molar-refractivity contribution in [1.29, 1.82) is 0 Å². The summed E-state index contributed by atoms with van der Waals surface area (Å²) in [7, 11) is 0. The van der Waals surface area contributed by atoms with Crippen LogP contribution in [0.4, 0.5) is 0 Å². The Balaban J connectivity index is 1.66. The van der Waals surface area contributed by atoms with Crippen LogP contribution < -0.4 is 0 Å². The van der Waals surface area contributed by atoms with Crippen LogP contribution in [-0.2, 0) is 4.79 Å². The molecule has 4 fully saturated rings. The van der Waals surface area contributed by atoms with Crippen LogP contribution in [0.3, 0.4) is 0 Å². The largest absolute Gasteiger partial charge is 0.393 e. The van der Waals surface area contributed by atoms with Gasteiger partial charge in [0, 0.05) is 6.42 Å². The van der Waals surface area contributed by atoms with E-state index in [1.54, 1.807) is 0 Å². The molecule has 4 nitrogen and oxygen atoms in total. The highest BCUT2D eigenvalue weighted by atomic mass is 16.3. The number of carbonyl (C=O) groups is 1. The van der Waals surface area contributed by atoms with E-state index in [2.05, 4.69) is 20.8 Å². The minimum atomic E-state index is -0.361. The highest BCUT2D eigenvalue weighted by Crippen LogP contribution is 2.68. The van der Waals surface area contributed by atoms with Gasteiger partial charge < -0.3 is 20.1 Å². The molecule has 3 N–H and O–H groups in total. The highest BCUT2D eigenvalue weighted by Gasteiger charge is 2.65. The van der Waals surface area contributed by atoms with E-state index in [4.69, 9.17) is 0 Å². The topological polar surface area (TPSA) is 77.8 Å². The molecule has 0 aliphatic heterocycles. The average Bonchev–Trinajstić information content (AvgIpc) is 2.96. The predicted octanol–water partition coefficient (Wildman–Crippen LogP) is 3.17. The van der Waals surface area contributed by atoms with Crippen LogP contribution in [0, 0.1) is 46.3 Å².